The number of benzene rings is 1. The molecule has 0 spiro atoms. The number of carbonyl (C=O) groups excluding carboxylic acids is 3. The molecule has 1 aromatic carbocycles. The van der Waals surface area contributed by atoms with Crippen LogP contribution in [0.5, 0.6) is 5.75 Å². The van der Waals surface area contributed by atoms with Crippen molar-refractivity contribution < 1.29 is 19.1 Å². The molecule has 6 heteroatoms. The lowest BCUT2D eigenvalue weighted by atomic mass is 10.1. The maximum Gasteiger partial charge on any atom is 0.254 e. The number of hydrogen-bond acceptors (Lipinski definition) is 4. The minimum absolute atomic E-state index is 0.112. The molecule has 0 aliphatic carbocycles. The molecule has 1 fully saturated rings. The van der Waals surface area contributed by atoms with E-state index in [1.807, 2.05) is 0 Å². The summed E-state index contributed by atoms with van der Waals surface area (Å²) in [5, 5.41) is 2.15. The number of nitrogens with zero attached hydrogens (tertiary/aromatic N) is 1. The minimum Gasteiger partial charge on any atom is -0.490 e. The summed E-state index contributed by atoms with van der Waals surface area (Å²) in [7, 11) is 0. The van der Waals surface area contributed by atoms with Crippen molar-refractivity contribution in [3.63, 3.8) is 0 Å². The van der Waals surface area contributed by atoms with Gasteiger partial charge >= 0.3 is 0 Å². The maximum atomic E-state index is 12.2. The van der Waals surface area contributed by atoms with Crippen molar-refractivity contribution in [2.24, 2.45) is 0 Å². The lowest BCUT2D eigenvalue weighted by Crippen LogP contribution is -2.53. The average molecular weight is 274 g/mol. The Balaban J connectivity index is 2.06. The Bertz CT molecular complexity index is 535. The lowest BCUT2D eigenvalue weighted by molar-refractivity contribution is -0.135. The fourth-order valence-electron chi connectivity index (χ4n) is 1.81. The number of amides is 3. The third-order valence-corrected chi connectivity index (χ3v) is 2.70. The van der Waals surface area contributed by atoms with Crippen molar-refractivity contribution in [3.8, 4) is 5.75 Å². The van der Waals surface area contributed by atoms with E-state index in [1.54, 1.807) is 30.3 Å². The van der Waals surface area contributed by atoms with Gasteiger partial charge in [0.15, 0.2) is 0 Å². The summed E-state index contributed by atoms with van der Waals surface area (Å²) in [6.45, 7) is 3.70. The van der Waals surface area contributed by atoms with Crippen LogP contribution in [0.2, 0.25) is 0 Å². The first-order valence-corrected chi connectivity index (χ1v) is 6.06. The van der Waals surface area contributed by atoms with Gasteiger partial charge in [0.2, 0.25) is 11.8 Å². The third-order valence-electron chi connectivity index (χ3n) is 2.70. The van der Waals surface area contributed by atoms with Crippen LogP contribution in [0.3, 0.4) is 0 Å². The Hall–Kier alpha value is -2.63. The molecule has 1 aliphatic heterocycles. The van der Waals surface area contributed by atoms with Crippen molar-refractivity contribution in [3.05, 3.63) is 42.5 Å². The summed E-state index contributed by atoms with van der Waals surface area (Å²) in [4.78, 5) is 35.8. The Morgan fingerprint density at radius 3 is 2.40 bits per heavy atom. The van der Waals surface area contributed by atoms with Crippen LogP contribution in [0, 0.1) is 0 Å². The lowest BCUT2D eigenvalue weighted by Gasteiger charge is -2.25. The molecule has 20 heavy (non-hydrogen) atoms. The number of imide groups is 1. The van der Waals surface area contributed by atoms with Crippen LogP contribution in [0.1, 0.15) is 10.4 Å². The zero-order chi connectivity index (χ0) is 14.5. The Morgan fingerprint density at radius 2 is 1.85 bits per heavy atom. The van der Waals surface area contributed by atoms with E-state index in [9.17, 15) is 14.4 Å². The zero-order valence-electron chi connectivity index (χ0n) is 10.8. The molecule has 1 heterocycles. The summed E-state index contributed by atoms with van der Waals surface area (Å²) < 4.78 is 5.31. The van der Waals surface area contributed by atoms with Crippen LogP contribution in [0.4, 0.5) is 0 Å². The second kappa shape index (κ2) is 6.01. The monoisotopic (exact) mass is 274 g/mol. The van der Waals surface area contributed by atoms with Crippen LogP contribution in [0.15, 0.2) is 36.9 Å². The van der Waals surface area contributed by atoms with Gasteiger partial charge in [-0.15, -0.1) is 0 Å². The van der Waals surface area contributed by atoms with Crippen LogP contribution < -0.4 is 10.1 Å². The molecule has 104 valence electrons. The van der Waals surface area contributed by atoms with E-state index in [2.05, 4.69) is 11.9 Å². The fourth-order valence-corrected chi connectivity index (χ4v) is 1.81. The predicted octanol–water partition coefficient (Wildman–Crippen LogP) is 0.350. The number of rotatable bonds is 4. The Morgan fingerprint density at radius 1 is 1.25 bits per heavy atom. The van der Waals surface area contributed by atoms with Gasteiger partial charge in [-0.25, -0.2) is 0 Å². The third kappa shape index (κ3) is 3.23. The van der Waals surface area contributed by atoms with Gasteiger partial charge in [-0.3, -0.25) is 19.7 Å². The molecule has 2 rings (SSSR count). The smallest absolute Gasteiger partial charge is 0.254 e. The molecule has 1 N–H and O–H groups in total. The normalized spacial score (nSPS) is 14.7. The standard InChI is InChI=1S/C14H14N2O4/c1-2-7-20-11-5-3-10(4-6-11)14(19)16-8-12(17)15-13(18)9-16/h2-6H,1,7-9H2,(H,15,17,18). The van der Waals surface area contributed by atoms with Gasteiger partial charge in [-0.2, -0.15) is 0 Å². The number of piperazine rings is 1. The first-order chi connectivity index (χ1) is 9.60. The highest BCUT2D eigenvalue weighted by Crippen LogP contribution is 2.14. The SMILES string of the molecule is C=CCOc1ccc(C(=O)N2CC(=O)NC(=O)C2)cc1. The summed E-state index contributed by atoms with van der Waals surface area (Å²) in [6, 6.07) is 6.50. The van der Waals surface area contributed by atoms with Gasteiger partial charge in [0, 0.05) is 5.56 Å². The van der Waals surface area contributed by atoms with Crippen molar-refractivity contribution in [1.29, 1.82) is 0 Å². The van der Waals surface area contributed by atoms with Gasteiger partial charge in [0.05, 0.1) is 0 Å². The molecule has 0 bridgehead atoms. The second-order valence-electron chi connectivity index (χ2n) is 4.26. The van der Waals surface area contributed by atoms with Crippen molar-refractivity contribution >= 4 is 17.7 Å². The van der Waals surface area contributed by atoms with Gasteiger partial charge < -0.3 is 9.64 Å². The summed E-state index contributed by atoms with van der Waals surface area (Å²) in [5.74, 6) is -0.682. The molecule has 0 radical (unpaired) electrons. The number of hydrogen-bond donors (Lipinski definition) is 1. The highest BCUT2D eigenvalue weighted by Gasteiger charge is 2.26. The van der Waals surface area contributed by atoms with E-state index in [4.69, 9.17) is 4.74 Å². The van der Waals surface area contributed by atoms with Crippen LogP contribution >= 0.6 is 0 Å². The molecule has 1 saturated heterocycles. The van der Waals surface area contributed by atoms with Gasteiger partial charge in [0.25, 0.3) is 5.91 Å². The first kappa shape index (κ1) is 13.8. The first-order valence-electron chi connectivity index (χ1n) is 6.06. The molecule has 1 aromatic rings. The van der Waals surface area contributed by atoms with Gasteiger partial charge in [-0.05, 0) is 24.3 Å². The highest BCUT2D eigenvalue weighted by atomic mass is 16.5. The summed E-state index contributed by atoms with van der Waals surface area (Å²) in [5.41, 5.74) is 0.401. The van der Waals surface area contributed by atoms with Crippen LogP contribution in [-0.2, 0) is 9.59 Å². The molecular formula is C14H14N2O4. The molecule has 1 aliphatic rings. The average Bonchev–Trinajstić information content (AvgIpc) is 2.44. The molecular weight excluding hydrogens is 260 g/mol. The van der Waals surface area contributed by atoms with Gasteiger partial charge in [0.1, 0.15) is 25.4 Å². The number of carbonyl (C=O) groups is 3. The Labute approximate surface area is 116 Å². The summed E-state index contributed by atoms with van der Waals surface area (Å²) >= 11 is 0. The largest absolute Gasteiger partial charge is 0.490 e. The van der Waals surface area contributed by atoms with E-state index in [0.29, 0.717) is 17.9 Å². The van der Waals surface area contributed by atoms with E-state index in [0.717, 1.165) is 0 Å². The molecule has 6 nitrogen and oxygen atoms in total. The molecule has 3 amide bonds. The van der Waals surface area contributed by atoms with Crippen molar-refractivity contribution in [2.45, 2.75) is 0 Å². The van der Waals surface area contributed by atoms with E-state index >= 15 is 0 Å². The zero-order valence-corrected chi connectivity index (χ0v) is 10.8. The van der Waals surface area contributed by atoms with Crippen molar-refractivity contribution in [1.82, 2.24) is 10.2 Å². The quantitative estimate of drug-likeness (QED) is 0.635. The fraction of sp³-hybridized carbons (Fsp3) is 0.214. The van der Waals surface area contributed by atoms with Crippen LogP contribution in [0.25, 0.3) is 0 Å². The van der Waals surface area contributed by atoms with Crippen molar-refractivity contribution in [2.75, 3.05) is 19.7 Å². The summed E-state index contributed by atoms with van der Waals surface area (Å²) in [6.07, 6.45) is 1.62. The van der Waals surface area contributed by atoms with E-state index in [1.165, 1.54) is 4.90 Å². The predicted molar refractivity (Wildman–Crippen MR) is 71.2 cm³/mol. The minimum atomic E-state index is -0.472. The van der Waals surface area contributed by atoms with Crippen LogP contribution in [-0.4, -0.2) is 42.3 Å². The topological polar surface area (TPSA) is 75.7 Å². The molecule has 0 unspecified atom stereocenters. The van der Waals surface area contributed by atoms with E-state index in [-0.39, 0.29) is 19.0 Å². The molecule has 0 atom stereocenters. The highest BCUT2D eigenvalue weighted by molar-refractivity contribution is 6.05. The number of nitrogens with one attached hydrogen (secondary N) is 1. The maximum absolute atomic E-state index is 12.2. The molecule has 0 saturated carbocycles. The Kier molecular flexibility index (Phi) is 4.14. The van der Waals surface area contributed by atoms with Gasteiger partial charge in [-0.1, -0.05) is 12.7 Å². The van der Waals surface area contributed by atoms with E-state index < -0.39 is 11.8 Å². The number of ether oxygens (including phenoxy) is 1. The molecule has 0 aromatic heterocycles. The second-order valence-corrected chi connectivity index (χ2v) is 4.26.